The standard InChI is InChI=1S/C21H40O2.C2H7N/c1-3-5-6-7-8-9-10-11-12-13-14-15-16-17-18-19-21(22)23-20-4-2;1-3-2/h11-12H,3-10,13-20H2,1-2H3;3H,1-2H3/b12-11-;. The zero-order valence-electron chi connectivity index (χ0n) is 18.3. The molecule has 1 N–H and O–H groups in total. The minimum Gasteiger partial charge on any atom is -0.466 e. The summed E-state index contributed by atoms with van der Waals surface area (Å²) in [6.07, 6.45) is 23.0. The number of carbonyl (C=O) groups is 1. The zero-order chi connectivity index (χ0) is 19.7. The van der Waals surface area contributed by atoms with Crippen LogP contribution in [0.3, 0.4) is 0 Å². The Labute approximate surface area is 164 Å². The van der Waals surface area contributed by atoms with Crippen LogP contribution in [-0.4, -0.2) is 26.7 Å². The Kier molecular flexibility index (Phi) is 27.8. The Bertz CT molecular complexity index is 290. The summed E-state index contributed by atoms with van der Waals surface area (Å²) in [6, 6.07) is 0. The van der Waals surface area contributed by atoms with E-state index in [1.54, 1.807) is 0 Å². The molecule has 0 radical (unpaired) electrons. The van der Waals surface area contributed by atoms with Gasteiger partial charge in [-0.3, -0.25) is 4.79 Å². The second-order valence-corrected chi connectivity index (χ2v) is 7.05. The first kappa shape index (κ1) is 27.4. The first-order valence-electron chi connectivity index (χ1n) is 11.1. The van der Waals surface area contributed by atoms with E-state index in [1.165, 1.54) is 70.6 Å². The Morgan fingerprint density at radius 1 is 0.731 bits per heavy atom. The molecule has 3 nitrogen and oxygen atoms in total. The van der Waals surface area contributed by atoms with E-state index in [0.29, 0.717) is 13.0 Å². The van der Waals surface area contributed by atoms with E-state index in [4.69, 9.17) is 4.74 Å². The van der Waals surface area contributed by atoms with Crippen LogP contribution in [0.5, 0.6) is 0 Å². The molecule has 0 aromatic carbocycles. The Balaban J connectivity index is 0. The predicted octanol–water partition coefficient (Wildman–Crippen LogP) is 6.81. The molecule has 0 saturated heterocycles. The Morgan fingerprint density at radius 2 is 1.19 bits per heavy atom. The number of nitrogens with one attached hydrogen (secondary N) is 1. The van der Waals surface area contributed by atoms with Crippen molar-refractivity contribution in [2.24, 2.45) is 0 Å². The van der Waals surface area contributed by atoms with Crippen LogP contribution in [-0.2, 0) is 9.53 Å². The van der Waals surface area contributed by atoms with Crippen LogP contribution in [0.25, 0.3) is 0 Å². The minimum absolute atomic E-state index is 0.0236. The quantitative estimate of drug-likeness (QED) is 0.174. The highest BCUT2D eigenvalue weighted by Crippen LogP contribution is 2.10. The maximum atomic E-state index is 11.3. The fraction of sp³-hybridized carbons (Fsp3) is 0.870. The van der Waals surface area contributed by atoms with Gasteiger partial charge in [-0.25, -0.2) is 0 Å². The molecule has 0 heterocycles. The summed E-state index contributed by atoms with van der Waals surface area (Å²) in [5.74, 6) is -0.0236. The fourth-order valence-corrected chi connectivity index (χ4v) is 2.63. The van der Waals surface area contributed by atoms with Gasteiger partial charge < -0.3 is 10.1 Å². The third-order valence-corrected chi connectivity index (χ3v) is 4.11. The van der Waals surface area contributed by atoms with E-state index in [9.17, 15) is 4.79 Å². The van der Waals surface area contributed by atoms with Crippen molar-refractivity contribution in [1.82, 2.24) is 5.32 Å². The van der Waals surface area contributed by atoms with Crippen molar-refractivity contribution < 1.29 is 9.53 Å². The van der Waals surface area contributed by atoms with E-state index >= 15 is 0 Å². The summed E-state index contributed by atoms with van der Waals surface area (Å²) in [5, 5.41) is 2.75. The molecule has 0 rings (SSSR count). The number of hydrogen-bond acceptors (Lipinski definition) is 3. The first-order chi connectivity index (χ1) is 12.7. The summed E-state index contributed by atoms with van der Waals surface area (Å²) in [4.78, 5) is 11.3. The second kappa shape index (κ2) is 26.4. The SMILES string of the molecule is CCCCCCCC/C=C\CCCCCCCC(=O)OCCC.CNC. The molecule has 0 spiro atoms. The van der Waals surface area contributed by atoms with Crippen LogP contribution in [0.15, 0.2) is 12.2 Å². The van der Waals surface area contributed by atoms with Gasteiger partial charge in [0, 0.05) is 6.42 Å². The third-order valence-electron chi connectivity index (χ3n) is 4.11. The second-order valence-electron chi connectivity index (χ2n) is 7.05. The van der Waals surface area contributed by atoms with Crippen LogP contribution in [0.1, 0.15) is 110 Å². The number of allylic oxidation sites excluding steroid dienone is 2. The summed E-state index contributed by atoms with van der Waals surface area (Å²) >= 11 is 0. The Hall–Kier alpha value is -0.830. The number of unbranched alkanes of at least 4 members (excludes halogenated alkanes) is 11. The normalized spacial score (nSPS) is 10.6. The maximum absolute atomic E-state index is 11.3. The molecule has 0 amide bonds. The van der Waals surface area contributed by atoms with Gasteiger partial charge in [-0.1, -0.05) is 77.4 Å². The average Bonchev–Trinajstić information content (AvgIpc) is 2.64. The lowest BCUT2D eigenvalue weighted by Crippen LogP contribution is -2.04. The van der Waals surface area contributed by atoms with Crippen molar-refractivity contribution in [2.75, 3.05) is 20.7 Å². The van der Waals surface area contributed by atoms with E-state index in [-0.39, 0.29) is 5.97 Å². The molecule has 0 fully saturated rings. The molecule has 0 atom stereocenters. The molecule has 0 bridgehead atoms. The van der Waals surface area contributed by atoms with Crippen molar-refractivity contribution in [2.45, 2.75) is 110 Å². The van der Waals surface area contributed by atoms with Gasteiger partial charge in [0.15, 0.2) is 0 Å². The molecule has 0 aliphatic rings. The van der Waals surface area contributed by atoms with Gasteiger partial charge in [-0.15, -0.1) is 0 Å². The lowest BCUT2D eigenvalue weighted by atomic mass is 10.1. The number of hydrogen-bond donors (Lipinski definition) is 1. The molecular formula is C23H47NO2. The fourth-order valence-electron chi connectivity index (χ4n) is 2.63. The van der Waals surface area contributed by atoms with Gasteiger partial charge in [0.25, 0.3) is 0 Å². The predicted molar refractivity (Wildman–Crippen MR) is 116 cm³/mol. The van der Waals surface area contributed by atoms with Gasteiger partial charge in [0.2, 0.25) is 0 Å². The zero-order valence-corrected chi connectivity index (χ0v) is 18.3. The van der Waals surface area contributed by atoms with Crippen LogP contribution < -0.4 is 5.32 Å². The highest BCUT2D eigenvalue weighted by atomic mass is 16.5. The average molecular weight is 370 g/mol. The highest BCUT2D eigenvalue weighted by molar-refractivity contribution is 5.69. The summed E-state index contributed by atoms with van der Waals surface area (Å²) in [6.45, 7) is 4.86. The molecule has 0 saturated carbocycles. The molecule has 0 aromatic heterocycles. The maximum Gasteiger partial charge on any atom is 0.305 e. The van der Waals surface area contributed by atoms with Gasteiger partial charge >= 0.3 is 5.97 Å². The lowest BCUT2D eigenvalue weighted by molar-refractivity contribution is -0.143. The minimum atomic E-state index is -0.0236. The molecule has 3 heteroatoms. The Morgan fingerprint density at radius 3 is 1.69 bits per heavy atom. The van der Waals surface area contributed by atoms with Gasteiger partial charge in [-0.05, 0) is 52.6 Å². The third kappa shape index (κ3) is 28.0. The highest BCUT2D eigenvalue weighted by Gasteiger charge is 2.01. The van der Waals surface area contributed by atoms with Crippen LogP contribution in [0.4, 0.5) is 0 Å². The van der Waals surface area contributed by atoms with Crippen molar-refractivity contribution in [3.63, 3.8) is 0 Å². The van der Waals surface area contributed by atoms with Crippen molar-refractivity contribution in [3.05, 3.63) is 12.2 Å². The molecule has 0 aliphatic heterocycles. The number of ether oxygens (including phenoxy) is 1. The van der Waals surface area contributed by atoms with Crippen LogP contribution >= 0.6 is 0 Å². The van der Waals surface area contributed by atoms with E-state index in [1.807, 2.05) is 21.0 Å². The molecule has 156 valence electrons. The summed E-state index contributed by atoms with van der Waals surface area (Å²) in [7, 11) is 3.75. The van der Waals surface area contributed by atoms with Crippen LogP contribution in [0, 0.1) is 0 Å². The molecular weight excluding hydrogens is 322 g/mol. The number of rotatable bonds is 17. The smallest absolute Gasteiger partial charge is 0.305 e. The van der Waals surface area contributed by atoms with Crippen molar-refractivity contribution >= 4 is 5.97 Å². The largest absolute Gasteiger partial charge is 0.466 e. The molecule has 0 aromatic rings. The topological polar surface area (TPSA) is 38.3 Å². The molecule has 26 heavy (non-hydrogen) atoms. The van der Waals surface area contributed by atoms with Crippen molar-refractivity contribution in [1.29, 1.82) is 0 Å². The first-order valence-corrected chi connectivity index (χ1v) is 11.1. The van der Waals surface area contributed by atoms with E-state index in [2.05, 4.69) is 24.4 Å². The van der Waals surface area contributed by atoms with E-state index < -0.39 is 0 Å². The number of carbonyl (C=O) groups excluding carboxylic acids is 1. The number of esters is 1. The summed E-state index contributed by atoms with van der Waals surface area (Å²) < 4.78 is 5.06. The summed E-state index contributed by atoms with van der Waals surface area (Å²) in [5.41, 5.74) is 0. The van der Waals surface area contributed by atoms with Crippen molar-refractivity contribution in [3.8, 4) is 0 Å². The van der Waals surface area contributed by atoms with E-state index in [0.717, 1.165) is 19.3 Å². The molecule has 0 unspecified atom stereocenters. The van der Waals surface area contributed by atoms with Crippen LogP contribution in [0.2, 0.25) is 0 Å². The monoisotopic (exact) mass is 369 g/mol. The molecule has 0 aliphatic carbocycles. The van der Waals surface area contributed by atoms with Gasteiger partial charge in [0.1, 0.15) is 0 Å². The van der Waals surface area contributed by atoms with Gasteiger partial charge in [-0.2, -0.15) is 0 Å². The van der Waals surface area contributed by atoms with Gasteiger partial charge in [0.05, 0.1) is 6.61 Å². The lowest BCUT2D eigenvalue weighted by Gasteiger charge is -2.03.